The second-order valence-electron chi connectivity index (χ2n) is 3.97. The van der Waals surface area contributed by atoms with Crippen LogP contribution in [0.25, 0.3) is 0 Å². The van der Waals surface area contributed by atoms with Crippen LogP contribution in [0, 0.1) is 0 Å². The van der Waals surface area contributed by atoms with E-state index >= 15 is 0 Å². The monoisotopic (exact) mass is 290 g/mol. The largest absolute Gasteiger partial charge is 0.467 e. The summed E-state index contributed by atoms with van der Waals surface area (Å²) in [6.45, 7) is 0.944. The van der Waals surface area contributed by atoms with Gasteiger partial charge < -0.3 is 20.1 Å². The summed E-state index contributed by atoms with van der Waals surface area (Å²) in [6.07, 6.45) is 0.255. The second kappa shape index (κ2) is 8.00. The number of esters is 1. The number of carbonyl (C=O) groups excluding carboxylic acids is 3. The molecule has 0 aromatic heterocycles. The number of thioether (sulfide) groups is 1. The summed E-state index contributed by atoms with van der Waals surface area (Å²) in [5, 5.41) is 0. The Morgan fingerprint density at radius 3 is 2.84 bits per heavy atom. The minimum absolute atomic E-state index is 0.143. The first-order chi connectivity index (χ1) is 9.06. The third-order valence-corrected chi connectivity index (χ3v) is 3.61. The summed E-state index contributed by atoms with van der Waals surface area (Å²) in [7, 11) is 1.28. The summed E-state index contributed by atoms with van der Waals surface area (Å²) in [5.74, 6) is -0.339. The molecule has 0 bridgehead atoms. The summed E-state index contributed by atoms with van der Waals surface area (Å²) in [4.78, 5) is 35.6. The van der Waals surface area contributed by atoms with Gasteiger partial charge in [-0.25, -0.2) is 4.79 Å². The molecule has 19 heavy (non-hydrogen) atoms. The Hall–Kier alpha value is -1.28. The standard InChI is InChI=1S/C11H18N2O5S/c1-17-11(16)8-6-18-4-3-13(8)10(15)2-5-19-7-9(12)14/h8H,2-7H2,1H3,(H2,12,14). The molecule has 0 spiro atoms. The molecule has 1 aliphatic rings. The summed E-state index contributed by atoms with van der Waals surface area (Å²) in [6, 6.07) is -0.674. The van der Waals surface area contributed by atoms with E-state index in [-0.39, 0.29) is 24.7 Å². The zero-order valence-corrected chi connectivity index (χ0v) is 11.6. The first-order valence-corrected chi connectivity index (χ1v) is 7.02. The van der Waals surface area contributed by atoms with E-state index in [4.69, 9.17) is 10.5 Å². The summed E-state index contributed by atoms with van der Waals surface area (Å²) < 4.78 is 9.83. The van der Waals surface area contributed by atoms with Gasteiger partial charge in [0.25, 0.3) is 0 Å². The lowest BCUT2D eigenvalue weighted by molar-refractivity contribution is -0.160. The zero-order valence-electron chi connectivity index (χ0n) is 10.8. The molecule has 8 heteroatoms. The van der Waals surface area contributed by atoms with Crippen LogP contribution >= 0.6 is 11.8 Å². The molecule has 0 aromatic rings. The first kappa shape index (κ1) is 15.8. The molecule has 1 atom stereocenters. The van der Waals surface area contributed by atoms with Crippen molar-refractivity contribution in [3.05, 3.63) is 0 Å². The SMILES string of the molecule is COC(=O)C1COCCN1C(=O)CCSCC(N)=O. The fourth-order valence-corrected chi connectivity index (χ4v) is 2.37. The number of ether oxygens (including phenoxy) is 2. The predicted molar refractivity (Wildman–Crippen MR) is 69.5 cm³/mol. The van der Waals surface area contributed by atoms with Crippen LogP contribution in [0.1, 0.15) is 6.42 Å². The lowest BCUT2D eigenvalue weighted by Crippen LogP contribution is -2.53. The van der Waals surface area contributed by atoms with Crippen LogP contribution in [-0.4, -0.2) is 67.1 Å². The number of amides is 2. The van der Waals surface area contributed by atoms with E-state index in [1.54, 1.807) is 0 Å². The van der Waals surface area contributed by atoms with Crippen molar-refractivity contribution in [3.8, 4) is 0 Å². The van der Waals surface area contributed by atoms with E-state index in [0.29, 0.717) is 18.9 Å². The molecule has 2 N–H and O–H groups in total. The van der Waals surface area contributed by atoms with Crippen molar-refractivity contribution in [1.82, 2.24) is 4.90 Å². The molecule has 0 aliphatic carbocycles. The molecule has 0 aromatic carbocycles. The number of hydrogen-bond acceptors (Lipinski definition) is 6. The van der Waals surface area contributed by atoms with E-state index in [0.717, 1.165) is 0 Å². The highest BCUT2D eigenvalue weighted by molar-refractivity contribution is 7.99. The van der Waals surface area contributed by atoms with Crippen molar-refractivity contribution < 1.29 is 23.9 Å². The maximum Gasteiger partial charge on any atom is 0.331 e. The molecular formula is C11H18N2O5S. The van der Waals surface area contributed by atoms with Crippen molar-refractivity contribution in [1.29, 1.82) is 0 Å². The Morgan fingerprint density at radius 2 is 2.21 bits per heavy atom. The van der Waals surface area contributed by atoms with Crippen LogP contribution in [0.3, 0.4) is 0 Å². The average molecular weight is 290 g/mol. The van der Waals surface area contributed by atoms with Crippen LogP contribution < -0.4 is 5.73 Å². The highest BCUT2D eigenvalue weighted by Gasteiger charge is 2.33. The Morgan fingerprint density at radius 1 is 1.47 bits per heavy atom. The molecule has 1 fully saturated rings. The number of rotatable bonds is 6. The molecule has 0 saturated carbocycles. The zero-order chi connectivity index (χ0) is 14.3. The second-order valence-corrected chi connectivity index (χ2v) is 5.08. The third kappa shape index (κ3) is 5.07. The Labute approximate surface area is 115 Å². The maximum absolute atomic E-state index is 12.0. The van der Waals surface area contributed by atoms with Crippen molar-refractivity contribution >= 4 is 29.5 Å². The minimum atomic E-state index is -0.674. The number of methoxy groups -OCH3 is 1. The van der Waals surface area contributed by atoms with E-state index in [9.17, 15) is 14.4 Å². The van der Waals surface area contributed by atoms with Gasteiger partial charge in [0.05, 0.1) is 26.1 Å². The van der Waals surface area contributed by atoms with Crippen molar-refractivity contribution in [2.24, 2.45) is 5.73 Å². The molecule has 108 valence electrons. The van der Waals surface area contributed by atoms with Gasteiger partial charge in [0.15, 0.2) is 6.04 Å². The van der Waals surface area contributed by atoms with Gasteiger partial charge in [-0.2, -0.15) is 11.8 Å². The van der Waals surface area contributed by atoms with Crippen LogP contribution in [0.5, 0.6) is 0 Å². The average Bonchev–Trinajstić information content (AvgIpc) is 2.42. The summed E-state index contributed by atoms with van der Waals surface area (Å²) >= 11 is 1.30. The Balaban J connectivity index is 2.43. The highest BCUT2D eigenvalue weighted by atomic mass is 32.2. The minimum Gasteiger partial charge on any atom is -0.467 e. The van der Waals surface area contributed by atoms with Crippen LogP contribution in [0.15, 0.2) is 0 Å². The molecule has 1 heterocycles. The molecular weight excluding hydrogens is 272 g/mol. The number of hydrogen-bond donors (Lipinski definition) is 1. The van der Waals surface area contributed by atoms with Gasteiger partial charge in [0.2, 0.25) is 11.8 Å². The van der Waals surface area contributed by atoms with Gasteiger partial charge >= 0.3 is 5.97 Å². The molecule has 1 saturated heterocycles. The maximum atomic E-state index is 12.0. The van der Waals surface area contributed by atoms with E-state index in [2.05, 4.69) is 4.74 Å². The molecule has 1 unspecified atom stereocenters. The van der Waals surface area contributed by atoms with Gasteiger partial charge in [-0.15, -0.1) is 0 Å². The van der Waals surface area contributed by atoms with Crippen LogP contribution in [-0.2, 0) is 23.9 Å². The number of carbonyl (C=O) groups is 3. The van der Waals surface area contributed by atoms with Gasteiger partial charge in [-0.1, -0.05) is 0 Å². The summed E-state index contributed by atoms with van der Waals surface area (Å²) in [5.41, 5.74) is 5.00. The third-order valence-electron chi connectivity index (χ3n) is 2.63. The van der Waals surface area contributed by atoms with Crippen molar-refractivity contribution in [2.45, 2.75) is 12.5 Å². The van der Waals surface area contributed by atoms with E-state index < -0.39 is 17.9 Å². The topological polar surface area (TPSA) is 98.9 Å². The number of nitrogens with two attached hydrogens (primary N) is 1. The smallest absolute Gasteiger partial charge is 0.331 e. The molecule has 1 aliphatic heterocycles. The van der Waals surface area contributed by atoms with Gasteiger partial charge in [0.1, 0.15) is 0 Å². The van der Waals surface area contributed by atoms with Crippen molar-refractivity contribution in [2.75, 3.05) is 38.4 Å². The quantitative estimate of drug-likeness (QED) is 0.497. The first-order valence-electron chi connectivity index (χ1n) is 5.87. The predicted octanol–water partition coefficient (Wildman–Crippen LogP) is -1.00. The van der Waals surface area contributed by atoms with E-state index in [1.807, 2.05) is 0 Å². The lowest BCUT2D eigenvalue weighted by Gasteiger charge is -2.33. The van der Waals surface area contributed by atoms with Gasteiger partial charge in [-0.05, 0) is 0 Å². The molecule has 0 radical (unpaired) electrons. The number of nitrogens with zero attached hydrogens (tertiary/aromatic N) is 1. The fourth-order valence-electron chi connectivity index (χ4n) is 1.71. The highest BCUT2D eigenvalue weighted by Crippen LogP contribution is 2.12. The number of morpholine rings is 1. The normalized spacial score (nSPS) is 19.0. The Bertz CT molecular complexity index is 350. The van der Waals surface area contributed by atoms with Crippen LogP contribution in [0.4, 0.5) is 0 Å². The number of primary amides is 1. The van der Waals surface area contributed by atoms with Crippen molar-refractivity contribution in [3.63, 3.8) is 0 Å². The van der Waals surface area contributed by atoms with Gasteiger partial charge in [0, 0.05) is 18.7 Å². The molecule has 7 nitrogen and oxygen atoms in total. The van der Waals surface area contributed by atoms with Gasteiger partial charge in [-0.3, -0.25) is 9.59 Å². The molecule has 1 rings (SSSR count). The fraction of sp³-hybridized carbons (Fsp3) is 0.727. The molecule has 2 amide bonds. The Kier molecular flexibility index (Phi) is 6.65. The van der Waals surface area contributed by atoms with E-state index in [1.165, 1.54) is 23.8 Å². The van der Waals surface area contributed by atoms with Crippen LogP contribution in [0.2, 0.25) is 0 Å². The lowest BCUT2D eigenvalue weighted by atomic mass is 10.2.